The molecular formula is C17H16N4O3S. The lowest BCUT2D eigenvalue weighted by Gasteiger charge is -2.11. The fourth-order valence-electron chi connectivity index (χ4n) is 3.26. The highest BCUT2D eigenvalue weighted by Crippen LogP contribution is 2.39. The molecule has 1 aliphatic rings. The minimum absolute atomic E-state index is 0.176. The Morgan fingerprint density at radius 2 is 2.00 bits per heavy atom. The van der Waals surface area contributed by atoms with Crippen molar-refractivity contribution in [2.75, 3.05) is 11.6 Å². The van der Waals surface area contributed by atoms with Gasteiger partial charge in [0.25, 0.3) is 0 Å². The zero-order valence-electron chi connectivity index (χ0n) is 13.9. The van der Waals surface area contributed by atoms with E-state index in [4.69, 9.17) is 0 Å². The van der Waals surface area contributed by atoms with Crippen molar-refractivity contribution in [3.05, 3.63) is 53.1 Å². The lowest BCUT2D eigenvalue weighted by molar-refractivity contribution is -0.116. The standard InChI is InChI=1S/C17H16N4O3S/c1-9-7-21-16(10(9)2)15(18-8-19-21)14-12-5-4-11(25(3,23)24)6-13(12)20-17(14)22/h4-8,14H,1-3H3,(H,20,22). The molecule has 0 fully saturated rings. The molecule has 4 rings (SSSR count). The van der Waals surface area contributed by atoms with Crippen molar-refractivity contribution in [2.24, 2.45) is 0 Å². The normalized spacial score (nSPS) is 16.9. The third kappa shape index (κ3) is 2.32. The first-order chi connectivity index (χ1) is 11.8. The van der Waals surface area contributed by atoms with Gasteiger partial charge in [0.1, 0.15) is 12.2 Å². The Labute approximate surface area is 144 Å². The second-order valence-electron chi connectivity index (χ2n) is 6.32. The molecule has 0 radical (unpaired) electrons. The average molecular weight is 356 g/mol. The van der Waals surface area contributed by atoms with Crippen LogP contribution in [0.25, 0.3) is 5.52 Å². The number of nitrogens with one attached hydrogen (secondary N) is 1. The summed E-state index contributed by atoms with van der Waals surface area (Å²) in [5.74, 6) is -0.818. The van der Waals surface area contributed by atoms with Crippen LogP contribution in [0.4, 0.5) is 5.69 Å². The SMILES string of the molecule is Cc1cn2ncnc(C3C(=O)Nc4cc(S(C)(=O)=O)ccc43)c2c1C. The minimum atomic E-state index is -3.34. The molecule has 2 aromatic heterocycles. The van der Waals surface area contributed by atoms with E-state index in [2.05, 4.69) is 15.4 Å². The zero-order valence-corrected chi connectivity index (χ0v) is 14.8. The molecule has 0 saturated carbocycles. The van der Waals surface area contributed by atoms with Crippen molar-refractivity contribution in [1.82, 2.24) is 14.6 Å². The third-order valence-corrected chi connectivity index (χ3v) is 5.77. The number of aryl methyl sites for hydroxylation is 2. The first-order valence-corrected chi connectivity index (χ1v) is 9.61. The van der Waals surface area contributed by atoms with Crippen LogP contribution in [0.15, 0.2) is 35.6 Å². The lowest BCUT2D eigenvalue weighted by atomic mass is 9.95. The van der Waals surface area contributed by atoms with Crippen LogP contribution >= 0.6 is 0 Å². The van der Waals surface area contributed by atoms with Gasteiger partial charge >= 0.3 is 0 Å². The minimum Gasteiger partial charge on any atom is -0.325 e. The topological polar surface area (TPSA) is 93.4 Å². The summed E-state index contributed by atoms with van der Waals surface area (Å²) in [6.45, 7) is 3.95. The number of amides is 1. The number of nitrogens with zero attached hydrogens (tertiary/aromatic N) is 3. The van der Waals surface area contributed by atoms with Gasteiger partial charge in [-0.3, -0.25) is 4.79 Å². The van der Waals surface area contributed by atoms with E-state index in [0.29, 0.717) is 11.4 Å². The van der Waals surface area contributed by atoms with Crippen LogP contribution in [-0.2, 0) is 14.6 Å². The zero-order chi connectivity index (χ0) is 17.9. The van der Waals surface area contributed by atoms with E-state index in [9.17, 15) is 13.2 Å². The summed E-state index contributed by atoms with van der Waals surface area (Å²) in [5, 5.41) is 6.99. The van der Waals surface area contributed by atoms with Gasteiger partial charge in [0, 0.05) is 18.1 Å². The van der Waals surface area contributed by atoms with Crippen LogP contribution in [0, 0.1) is 13.8 Å². The molecule has 25 heavy (non-hydrogen) atoms. The molecule has 0 saturated heterocycles. The molecule has 0 aliphatic carbocycles. The summed E-state index contributed by atoms with van der Waals surface area (Å²) in [6, 6.07) is 4.70. The maximum absolute atomic E-state index is 12.6. The molecule has 7 nitrogen and oxygen atoms in total. The number of hydrogen-bond acceptors (Lipinski definition) is 5. The number of aromatic nitrogens is 3. The number of hydrogen-bond donors (Lipinski definition) is 1. The number of carbonyl (C=O) groups is 1. The largest absolute Gasteiger partial charge is 0.325 e. The predicted molar refractivity (Wildman–Crippen MR) is 92.5 cm³/mol. The quantitative estimate of drug-likeness (QED) is 0.756. The van der Waals surface area contributed by atoms with Crippen molar-refractivity contribution in [3.63, 3.8) is 0 Å². The molecule has 1 N–H and O–H groups in total. The number of benzene rings is 1. The van der Waals surface area contributed by atoms with Gasteiger partial charge < -0.3 is 5.32 Å². The van der Waals surface area contributed by atoms with Crippen LogP contribution in [0.3, 0.4) is 0 Å². The number of carbonyl (C=O) groups excluding carboxylic acids is 1. The Balaban J connectivity index is 1.94. The van der Waals surface area contributed by atoms with Crippen LogP contribution in [0.2, 0.25) is 0 Å². The predicted octanol–water partition coefficient (Wildman–Crippen LogP) is 1.83. The molecule has 0 bridgehead atoms. The first-order valence-electron chi connectivity index (χ1n) is 7.71. The molecule has 1 aliphatic heterocycles. The monoisotopic (exact) mass is 356 g/mol. The molecule has 1 aromatic carbocycles. The van der Waals surface area contributed by atoms with Crippen molar-refractivity contribution in [2.45, 2.75) is 24.7 Å². The van der Waals surface area contributed by atoms with E-state index in [1.165, 1.54) is 18.5 Å². The van der Waals surface area contributed by atoms with Crippen LogP contribution < -0.4 is 5.32 Å². The van der Waals surface area contributed by atoms with Crippen LogP contribution in [-0.4, -0.2) is 35.2 Å². The number of fused-ring (bicyclic) bond motifs is 2. The fourth-order valence-corrected chi connectivity index (χ4v) is 3.91. The molecule has 1 unspecified atom stereocenters. The molecular weight excluding hydrogens is 340 g/mol. The first kappa shape index (κ1) is 15.8. The Bertz CT molecular complexity index is 1150. The fraction of sp³-hybridized carbons (Fsp3) is 0.235. The van der Waals surface area contributed by atoms with Crippen molar-refractivity contribution in [1.29, 1.82) is 0 Å². The summed E-state index contributed by atoms with van der Waals surface area (Å²) >= 11 is 0. The maximum atomic E-state index is 12.6. The van der Waals surface area contributed by atoms with Gasteiger partial charge in [-0.15, -0.1) is 0 Å². The Hall–Kier alpha value is -2.74. The molecule has 8 heteroatoms. The van der Waals surface area contributed by atoms with Gasteiger partial charge in [-0.2, -0.15) is 5.10 Å². The number of rotatable bonds is 2. The van der Waals surface area contributed by atoms with Crippen molar-refractivity contribution >= 4 is 26.9 Å². The summed E-state index contributed by atoms with van der Waals surface area (Å²) < 4.78 is 25.2. The Kier molecular flexibility index (Phi) is 3.23. The molecule has 128 valence electrons. The Morgan fingerprint density at radius 3 is 2.72 bits per heavy atom. The van der Waals surface area contributed by atoms with E-state index in [0.717, 1.165) is 28.5 Å². The molecule has 1 atom stereocenters. The van der Waals surface area contributed by atoms with E-state index in [1.54, 1.807) is 10.6 Å². The van der Waals surface area contributed by atoms with E-state index < -0.39 is 15.8 Å². The van der Waals surface area contributed by atoms with Gasteiger partial charge in [0.2, 0.25) is 5.91 Å². The van der Waals surface area contributed by atoms with Crippen molar-refractivity contribution in [3.8, 4) is 0 Å². The average Bonchev–Trinajstić information content (AvgIpc) is 3.02. The summed E-state index contributed by atoms with van der Waals surface area (Å²) in [7, 11) is -3.34. The van der Waals surface area contributed by atoms with Gasteiger partial charge in [-0.05, 0) is 42.7 Å². The second kappa shape index (κ2) is 5.13. The summed E-state index contributed by atoms with van der Waals surface area (Å²) in [6.07, 6.45) is 4.47. The number of anilines is 1. The van der Waals surface area contributed by atoms with E-state index in [-0.39, 0.29) is 10.8 Å². The molecule has 1 amide bonds. The third-order valence-electron chi connectivity index (χ3n) is 4.66. The Morgan fingerprint density at radius 1 is 1.24 bits per heavy atom. The summed E-state index contributed by atoms with van der Waals surface area (Å²) in [5.41, 5.74) is 4.73. The molecule has 3 aromatic rings. The van der Waals surface area contributed by atoms with Gasteiger partial charge in [-0.1, -0.05) is 6.07 Å². The van der Waals surface area contributed by atoms with Gasteiger partial charge in [0.05, 0.1) is 16.1 Å². The van der Waals surface area contributed by atoms with E-state index in [1.807, 2.05) is 20.0 Å². The molecule has 0 spiro atoms. The smallest absolute Gasteiger partial charge is 0.238 e. The van der Waals surface area contributed by atoms with Gasteiger partial charge in [-0.25, -0.2) is 17.9 Å². The van der Waals surface area contributed by atoms with Crippen LogP contribution in [0.5, 0.6) is 0 Å². The highest BCUT2D eigenvalue weighted by Gasteiger charge is 2.35. The van der Waals surface area contributed by atoms with Crippen LogP contribution in [0.1, 0.15) is 28.3 Å². The highest BCUT2D eigenvalue weighted by molar-refractivity contribution is 7.90. The van der Waals surface area contributed by atoms with Crippen molar-refractivity contribution < 1.29 is 13.2 Å². The number of sulfone groups is 1. The second-order valence-corrected chi connectivity index (χ2v) is 8.33. The maximum Gasteiger partial charge on any atom is 0.238 e. The van der Waals surface area contributed by atoms with Gasteiger partial charge in [0.15, 0.2) is 9.84 Å². The summed E-state index contributed by atoms with van der Waals surface area (Å²) in [4.78, 5) is 17.2. The van der Waals surface area contributed by atoms with E-state index >= 15 is 0 Å². The highest BCUT2D eigenvalue weighted by atomic mass is 32.2. The molecule has 3 heterocycles. The lowest BCUT2D eigenvalue weighted by Crippen LogP contribution is -2.16.